The number of fused-ring (bicyclic) bond motifs is 2. The van der Waals surface area contributed by atoms with Gasteiger partial charge in [-0.3, -0.25) is 9.59 Å². The third-order valence-corrected chi connectivity index (χ3v) is 5.00. The summed E-state index contributed by atoms with van der Waals surface area (Å²) in [4.78, 5) is 35.4. The van der Waals surface area contributed by atoms with E-state index in [2.05, 4.69) is 27.7 Å². The molecule has 28 heavy (non-hydrogen) atoms. The standard InChI is InChI=1S/C11H17NO3.C11H17NO/c1-8(2)5-7-12-9-4-6-11(3,10(12)13)15-14-9;1-9(2)6-8-12-7-4-5-10(3)11(12)13/h4,6,8-9H,5,7H2,1-3H3;4-5,7,9H,6,8H2,1-3H3. The maximum Gasteiger partial charge on any atom is 0.264 e. The van der Waals surface area contributed by atoms with Gasteiger partial charge in [-0.2, -0.15) is 0 Å². The van der Waals surface area contributed by atoms with Crippen molar-refractivity contribution in [3.8, 4) is 0 Å². The zero-order chi connectivity index (χ0) is 20.9. The molecule has 0 aromatic carbocycles. The summed E-state index contributed by atoms with van der Waals surface area (Å²) in [6.45, 7) is 13.8. The first kappa shape index (κ1) is 22.4. The Morgan fingerprint density at radius 2 is 1.75 bits per heavy atom. The number of hydrogen-bond acceptors (Lipinski definition) is 4. The molecule has 0 saturated carbocycles. The average Bonchev–Trinajstić information content (AvgIpc) is 2.64. The van der Waals surface area contributed by atoms with E-state index < -0.39 is 5.60 Å². The second kappa shape index (κ2) is 9.52. The minimum Gasteiger partial charge on any atom is -0.315 e. The first-order chi connectivity index (χ1) is 13.1. The van der Waals surface area contributed by atoms with Crippen LogP contribution in [0.3, 0.4) is 0 Å². The summed E-state index contributed by atoms with van der Waals surface area (Å²) in [5.74, 6) is 1.23. The fraction of sp³-hybridized carbons (Fsp3) is 0.636. The van der Waals surface area contributed by atoms with Crippen LogP contribution in [0.5, 0.6) is 0 Å². The highest BCUT2D eigenvalue weighted by Gasteiger charge is 2.48. The first-order valence-corrected chi connectivity index (χ1v) is 10.1. The third kappa shape index (κ3) is 5.55. The van der Waals surface area contributed by atoms with E-state index in [0.29, 0.717) is 11.8 Å². The van der Waals surface area contributed by atoms with Crippen LogP contribution < -0.4 is 5.56 Å². The Bertz CT molecular complexity index is 753. The van der Waals surface area contributed by atoms with Crippen molar-refractivity contribution >= 4 is 5.91 Å². The lowest BCUT2D eigenvalue weighted by Gasteiger charge is -2.44. The molecular weight excluding hydrogens is 356 g/mol. The highest BCUT2D eigenvalue weighted by molar-refractivity contribution is 5.88. The van der Waals surface area contributed by atoms with Crippen LogP contribution >= 0.6 is 0 Å². The summed E-state index contributed by atoms with van der Waals surface area (Å²) in [5.41, 5.74) is 0.0561. The van der Waals surface area contributed by atoms with E-state index in [1.165, 1.54) is 0 Å². The van der Waals surface area contributed by atoms with Gasteiger partial charge in [0.1, 0.15) is 0 Å². The maximum absolute atomic E-state index is 12.0. The summed E-state index contributed by atoms with van der Waals surface area (Å²) < 4.78 is 1.79. The molecule has 6 heteroatoms. The number of pyridine rings is 1. The smallest absolute Gasteiger partial charge is 0.264 e. The largest absolute Gasteiger partial charge is 0.315 e. The molecular formula is C22H34N2O4. The minimum absolute atomic E-state index is 0.00176. The van der Waals surface area contributed by atoms with Crippen molar-refractivity contribution in [2.45, 2.75) is 72.8 Å². The summed E-state index contributed by atoms with van der Waals surface area (Å²) >= 11 is 0. The molecule has 4 rings (SSSR count). The van der Waals surface area contributed by atoms with Gasteiger partial charge < -0.3 is 9.47 Å². The molecule has 0 aliphatic carbocycles. The number of aromatic nitrogens is 1. The molecule has 0 radical (unpaired) electrons. The Hall–Kier alpha value is -1.92. The maximum atomic E-state index is 12.0. The molecule has 4 heterocycles. The van der Waals surface area contributed by atoms with Crippen LogP contribution in [-0.4, -0.2) is 33.7 Å². The molecule has 1 fully saturated rings. The van der Waals surface area contributed by atoms with Gasteiger partial charge in [-0.1, -0.05) is 33.8 Å². The number of aryl methyl sites for hydroxylation is 2. The van der Waals surface area contributed by atoms with Gasteiger partial charge in [-0.15, -0.1) is 0 Å². The molecule has 1 saturated heterocycles. The second-order valence-electron chi connectivity index (χ2n) is 8.59. The molecule has 1 aromatic rings. The van der Waals surface area contributed by atoms with Crippen molar-refractivity contribution in [2.75, 3.05) is 6.54 Å². The molecule has 3 aliphatic rings. The van der Waals surface area contributed by atoms with E-state index in [1.807, 2.05) is 31.3 Å². The van der Waals surface area contributed by atoms with E-state index in [0.717, 1.165) is 31.5 Å². The number of rotatable bonds is 6. The van der Waals surface area contributed by atoms with Crippen molar-refractivity contribution in [1.29, 1.82) is 0 Å². The van der Waals surface area contributed by atoms with Gasteiger partial charge in [-0.05, 0) is 56.7 Å². The molecule has 2 atom stereocenters. The number of carbonyl (C=O) groups is 1. The van der Waals surface area contributed by atoms with Gasteiger partial charge in [0.2, 0.25) is 0 Å². The predicted octanol–water partition coefficient (Wildman–Crippen LogP) is 3.68. The van der Waals surface area contributed by atoms with Crippen molar-refractivity contribution in [2.24, 2.45) is 11.8 Å². The molecule has 1 aromatic heterocycles. The van der Waals surface area contributed by atoms with Gasteiger partial charge in [0.15, 0.2) is 11.8 Å². The van der Waals surface area contributed by atoms with E-state index >= 15 is 0 Å². The van der Waals surface area contributed by atoms with Crippen molar-refractivity contribution in [3.63, 3.8) is 0 Å². The summed E-state index contributed by atoms with van der Waals surface area (Å²) in [6.07, 6.45) is 7.22. The Balaban J connectivity index is 0.000000203. The van der Waals surface area contributed by atoms with Crippen LogP contribution in [0.2, 0.25) is 0 Å². The minimum atomic E-state index is -0.911. The lowest BCUT2D eigenvalue weighted by molar-refractivity contribution is -0.400. The van der Waals surface area contributed by atoms with E-state index in [9.17, 15) is 9.59 Å². The van der Waals surface area contributed by atoms with Gasteiger partial charge in [0.05, 0.1) is 0 Å². The second-order valence-corrected chi connectivity index (χ2v) is 8.59. The average molecular weight is 391 g/mol. The first-order valence-electron chi connectivity index (χ1n) is 10.1. The summed E-state index contributed by atoms with van der Waals surface area (Å²) in [5, 5.41) is 0. The normalized spacial score (nSPS) is 23.4. The molecule has 156 valence electrons. The van der Waals surface area contributed by atoms with Crippen LogP contribution in [0.15, 0.2) is 35.3 Å². The number of hydrogen-bond donors (Lipinski definition) is 0. The molecule has 0 N–H and O–H groups in total. The fourth-order valence-corrected chi connectivity index (χ4v) is 2.99. The van der Waals surface area contributed by atoms with Crippen molar-refractivity contribution in [3.05, 3.63) is 46.4 Å². The monoisotopic (exact) mass is 390 g/mol. The highest BCUT2D eigenvalue weighted by atomic mass is 17.2. The summed E-state index contributed by atoms with van der Waals surface area (Å²) in [6, 6.07) is 3.78. The molecule has 0 spiro atoms. The zero-order valence-corrected chi connectivity index (χ0v) is 18.0. The molecule has 2 unspecified atom stereocenters. The molecule has 6 nitrogen and oxygen atoms in total. The Morgan fingerprint density at radius 1 is 1.11 bits per heavy atom. The fourth-order valence-electron chi connectivity index (χ4n) is 2.99. The molecule has 2 bridgehead atoms. The van der Waals surface area contributed by atoms with Gasteiger partial charge in [0.25, 0.3) is 11.5 Å². The third-order valence-electron chi connectivity index (χ3n) is 5.00. The van der Waals surface area contributed by atoms with Gasteiger partial charge in [0, 0.05) is 24.8 Å². The Kier molecular flexibility index (Phi) is 7.61. The summed E-state index contributed by atoms with van der Waals surface area (Å²) in [7, 11) is 0. The lowest BCUT2D eigenvalue weighted by atomic mass is 9.98. The van der Waals surface area contributed by atoms with Crippen LogP contribution in [0.1, 0.15) is 53.0 Å². The Morgan fingerprint density at radius 3 is 2.32 bits per heavy atom. The van der Waals surface area contributed by atoms with Gasteiger partial charge >= 0.3 is 0 Å². The number of nitrogens with zero attached hydrogens (tertiary/aromatic N) is 2. The van der Waals surface area contributed by atoms with E-state index in [-0.39, 0.29) is 17.7 Å². The van der Waals surface area contributed by atoms with Crippen LogP contribution in [0, 0.1) is 18.8 Å². The number of carbonyl (C=O) groups excluding carboxylic acids is 1. The van der Waals surface area contributed by atoms with E-state index in [4.69, 9.17) is 9.78 Å². The lowest BCUT2D eigenvalue weighted by Crippen LogP contribution is -2.60. The topological polar surface area (TPSA) is 60.8 Å². The number of amides is 1. The van der Waals surface area contributed by atoms with Crippen LogP contribution in [-0.2, 0) is 21.1 Å². The quantitative estimate of drug-likeness (QED) is 0.549. The van der Waals surface area contributed by atoms with Crippen LogP contribution in [0.25, 0.3) is 0 Å². The van der Waals surface area contributed by atoms with Crippen molar-refractivity contribution < 1.29 is 14.6 Å². The van der Waals surface area contributed by atoms with Crippen LogP contribution in [0.4, 0.5) is 0 Å². The molecule has 1 amide bonds. The zero-order valence-electron chi connectivity index (χ0n) is 18.0. The molecule has 3 aliphatic heterocycles. The van der Waals surface area contributed by atoms with E-state index in [1.54, 1.807) is 22.5 Å². The predicted molar refractivity (Wildman–Crippen MR) is 110 cm³/mol. The van der Waals surface area contributed by atoms with Crippen molar-refractivity contribution in [1.82, 2.24) is 9.47 Å². The Labute approximate surface area is 168 Å². The highest BCUT2D eigenvalue weighted by Crippen LogP contribution is 2.31. The SMILES string of the molecule is CC(C)CCN1C(=O)C2(C)C=CC1OO2.Cc1cccn(CCC(C)C)c1=O. The van der Waals surface area contributed by atoms with Gasteiger partial charge in [-0.25, -0.2) is 9.78 Å².